The van der Waals surface area contributed by atoms with Gasteiger partial charge in [0.25, 0.3) is 11.5 Å². The number of carbonyl (C=O) groups is 2. The molecule has 0 bridgehead atoms. The average Bonchev–Trinajstić information content (AvgIpc) is 3.22. The third kappa shape index (κ3) is 4.93. The highest BCUT2D eigenvalue weighted by Crippen LogP contribution is 2.41. The number of hydroxylamine groups is 1. The number of aliphatic hydroxyl groups is 1. The van der Waals surface area contributed by atoms with Crippen LogP contribution in [0.1, 0.15) is 17.0 Å². The van der Waals surface area contributed by atoms with Crippen LogP contribution in [0.25, 0.3) is 22.7 Å². The van der Waals surface area contributed by atoms with Crippen molar-refractivity contribution in [1.29, 1.82) is 0 Å². The highest BCUT2D eigenvalue weighted by atomic mass is 19.4. The Hall–Kier alpha value is -4.21. The maximum absolute atomic E-state index is 13.8. The minimum atomic E-state index is -5.76. The zero-order chi connectivity index (χ0) is 27.1. The summed E-state index contributed by atoms with van der Waals surface area (Å²) in [7, 11) is 0. The van der Waals surface area contributed by atoms with Gasteiger partial charge in [0.1, 0.15) is 0 Å². The number of nitrogens with two attached hydrogens (primary N) is 1. The number of aromatic nitrogens is 3. The lowest BCUT2D eigenvalue weighted by atomic mass is 9.89. The van der Waals surface area contributed by atoms with Gasteiger partial charge < -0.3 is 20.1 Å². The second kappa shape index (κ2) is 9.10. The van der Waals surface area contributed by atoms with E-state index in [-0.39, 0.29) is 34.4 Å². The summed E-state index contributed by atoms with van der Waals surface area (Å²) < 4.78 is 83.7. The SMILES string of the molecule is Cc1ncc(-c2nc(-c3cc(C(O)(C(=O)NOC(=O)C(F)(F)F)C(F)(F)F)ccc3C)cnc2N)o1. The van der Waals surface area contributed by atoms with Gasteiger partial charge in [0, 0.05) is 18.1 Å². The molecule has 1 atom stereocenters. The second-order valence-corrected chi connectivity index (χ2v) is 7.29. The number of alkyl halides is 6. The summed E-state index contributed by atoms with van der Waals surface area (Å²) in [6, 6.07) is 2.53. The molecule has 1 amide bonds. The van der Waals surface area contributed by atoms with Gasteiger partial charge in [-0.3, -0.25) is 4.79 Å². The van der Waals surface area contributed by atoms with Crippen LogP contribution >= 0.6 is 0 Å². The van der Waals surface area contributed by atoms with Gasteiger partial charge in [0.05, 0.1) is 18.1 Å². The number of hydrogen-bond donors (Lipinski definition) is 3. The monoisotopic (exact) mass is 519 g/mol. The van der Waals surface area contributed by atoms with Crippen LogP contribution in [-0.4, -0.2) is 44.3 Å². The Morgan fingerprint density at radius 1 is 1.08 bits per heavy atom. The van der Waals surface area contributed by atoms with Gasteiger partial charge in [-0.25, -0.2) is 19.7 Å². The Bertz CT molecular complexity index is 1320. The van der Waals surface area contributed by atoms with Gasteiger partial charge in [-0.1, -0.05) is 12.1 Å². The lowest BCUT2D eigenvalue weighted by Crippen LogP contribution is -2.55. The summed E-state index contributed by atoms with van der Waals surface area (Å²) in [5.74, 6) is -5.23. The van der Waals surface area contributed by atoms with Crippen molar-refractivity contribution in [2.45, 2.75) is 31.8 Å². The second-order valence-electron chi connectivity index (χ2n) is 7.29. The Labute approximate surface area is 197 Å². The van der Waals surface area contributed by atoms with E-state index in [0.29, 0.717) is 17.1 Å². The standard InChI is InChI=1S/C20H15F6N5O5/c1-8-3-4-10(18(34,20(24,25)26)16(32)31-36-17(33)19(21,22)23)5-11(8)12-6-29-15(27)14(30-12)13-7-28-9(2)35-13/h3-7,34H,1-2H3,(H2,27,29)(H,31,32). The van der Waals surface area contributed by atoms with Crippen LogP contribution < -0.4 is 11.2 Å². The van der Waals surface area contributed by atoms with Crippen LogP contribution in [0.5, 0.6) is 0 Å². The molecule has 192 valence electrons. The van der Waals surface area contributed by atoms with Crippen molar-refractivity contribution in [2.24, 2.45) is 0 Å². The van der Waals surface area contributed by atoms with Crippen molar-refractivity contribution < 1.29 is 50.3 Å². The van der Waals surface area contributed by atoms with Crippen LogP contribution in [0.4, 0.5) is 32.2 Å². The molecule has 1 unspecified atom stereocenters. The molecule has 1 aromatic carbocycles. The third-order valence-corrected chi connectivity index (χ3v) is 4.79. The molecular weight excluding hydrogens is 504 g/mol. The van der Waals surface area contributed by atoms with E-state index in [0.717, 1.165) is 18.3 Å². The van der Waals surface area contributed by atoms with Crippen molar-refractivity contribution in [3.05, 3.63) is 47.6 Å². The number of anilines is 1. The van der Waals surface area contributed by atoms with Gasteiger partial charge in [-0.2, -0.15) is 31.8 Å². The van der Waals surface area contributed by atoms with Gasteiger partial charge in [-0.05, 0) is 18.6 Å². The molecule has 0 saturated carbocycles. The summed E-state index contributed by atoms with van der Waals surface area (Å²) in [4.78, 5) is 38.4. The fourth-order valence-electron chi connectivity index (χ4n) is 2.95. The Kier molecular flexibility index (Phi) is 6.67. The van der Waals surface area contributed by atoms with Crippen molar-refractivity contribution in [3.63, 3.8) is 0 Å². The molecule has 3 aromatic rings. The van der Waals surface area contributed by atoms with Crippen molar-refractivity contribution in [1.82, 2.24) is 20.4 Å². The maximum atomic E-state index is 13.8. The molecule has 0 radical (unpaired) electrons. The molecule has 3 rings (SSSR count). The molecule has 0 aliphatic heterocycles. The number of amides is 1. The van der Waals surface area contributed by atoms with E-state index in [1.165, 1.54) is 13.1 Å². The highest BCUT2D eigenvalue weighted by Gasteiger charge is 2.61. The number of carbonyl (C=O) groups excluding carboxylic acids is 2. The first-order chi connectivity index (χ1) is 16.6. The number of halogens is 6. The molecule has 4 N–H and O–H groups in total. The van der Waals surface area contributed by atoms with E-state index in [1.54, 1.807) is 6.92 Å². The molecule has 0 aliphatic carbocycles. The van der Waals surface area contributed by atoms with Crippen molar-refractivity contribution in [3.8, 4) is 22.7 Å². The zero-order valence-electron chi connectivity index (χ0n) is 18.2. The number of nitrogens with one attached hydrogen (secondary N) is 1. The Morgan fingerprint density at radius 3 is 2.31 bits per heavy atom. The van der Waals surface area contributed by atoms with Crippen LogP contribution in [0.3, 0.4) is 0 Å². The zero-order valence-corrected chi connectivity index (χ0v) is 18.2. The Morgan fingerprint density at radius 2 is 1.75 bits per heavy atom. The predicted molar refractivity (Wildman–Crippen MR) is 107 cm³/mol. The fraction of sp³-hybridized carbons (Fsp3) is 0.250. The molecule has 0 aliphatic rings. The molecule has 2 heterocycles. The molecule has 10 nitrogen and oxygen atoms in total. The van der Waals surface area contributed by atoms with E-state index in [1.807, 2.05) is 0 Å². The Balaban J connectivity index is 2.07. The predicted octanol–water partition coefficient (Wildman–Crippen LogP) is 2.88. The quantitative estimate of drug-likeness (QED) is 0.349. The number of nitrogens with zero attached hydrogens (tertiary/aromatic N) is 3. The smallest absolute Gasteiger partial charge is 0.439 e. The topological polar surface area (TPSA) is 153 Å². The van der Waals surface area contributed by atoms with Crippen LogP contribution in [0, 0.1) is 13.8 Å². The van der Waals surface area contributed by atoms with Crippen molar-refractivity contribution >= 4 is 17.7 Å². The summed E-state index contributed by atoms with van der Waals surface area (Å²) in [6.45, 7) is 3.01. The third-order valence-electron chi connectivity index (χ3n) is 4.79. The number of rotatable bonds is 4. The van der Waals surface area contributed by atoms with Gasteiger partial charge in [0.2, 0.25) is 0 Å². The number of benzene rings is 1. The highest BCUT2D eigenvalue weighted by molar-refractivity contribution is 5.88. The molecule has 0 spiro atoms. The van der Waals surface area contributed by atoms with E-state index in [9.17, 15) is 41.0 Å². The number of oxazole rings is 1. The molecule has 16 heteroatoms. The first-order valence-corrected chi connectivity index (χ1v) is 9.60. The average molecular weight is 519 g/mol. The van der Waals surface area contributed by atoms with Crippen LogP contribution in [0.2, 0.25) is 0 Å². The minimum Gasteiger partial charge on any atom is -0.439 e. The van der Waals surface area contributed by atoms with Crippen molar-refractivity contribution in [2.75, 3.05) is 5.73 Å². The first kappa shape index (κ1) is 26.4. The summed E-state index contributed by atoms with van der Waals surface area (Å²) in [5.41, 5.74) is 1.17. The number of hydrogen-bond acceptors (Lipinski definition) is 9. The van der Waals surface area contributed by atoms with Gasteiger partial charge in [0.15, 0.2) is 23.2 Å². The molecule has 0 fully saturated rings. The summed E-state index contributed by atoms with van der Waals surface area (Å²) in [5, 5.41) is 10.4. The minimum absolute atomic E-state index is 0.000734. The van der Waals surface area contributed by atoms with Crippen LogP contribution in [-0.2, 0) is 20.0 Å². The first-order valence-electron chi connectivity index (χ1n) is 9.60. The van der Waals surface area contributed by atoms with E-state index < -0.39 is 35.4 Å². The summed E-state index contributed by atoms with van der Waals surface area (Å²) >= 11 is 0. The molecular formula is C20H15F6N5O5. The summed E-state index contributed by atoms with van der Waals surface area (Å²) in [6.07, 6.45) is -8.98. The van der Waals surface area contributed by atoms with E-state index in [2.05, 4.69) is 19.8 Å². The fourth-order valence-corrected chi connectivity index (χ4v) is 2.95. The molecule has 0 saturated heterocycles. The molecule has 2 aromatic heterocycles. The number of nitrogen functional groups attached to an aromatic ring is 1. The molecule has 36 heavy (non-hydrogen) atoms. The maximum Gasteiger partial charge on any atom is 0.493 e. The largest absolute Gasteiger partial charge is 0.493 e. The van der Waals surface area contributed by atoms with Crippen LogP contribution in [0.15, 0.2) is 35.0 Å². The lowest BCUT2D eigenvalue weighted by Gasteiger charge is -2.29. The van der Waals surface area contributed by atoms with E-state index in [4.69, 9.17) is 10.2 Å². The van der Waals surface area contributed by atoms with Gasteiger partial charge in [-0.15, -0.1) is 0 Å². The van der Waals surface area contributed by atoms with Gasteiger partial charge >= 0.3 is 18.3 Å². The van der Waals surface area contributed by atoms with E-state index >= 15 is 0 Å². The number of aryl methyl sites for hydroxylation is 2. The normalized spacial score (nSPS) is 13.7. The lowest BCUT2D eigenvalue weighted by molar-refractivity contribution is -0.262.